The number of hydrogen-bond donors (Lipinski definition) is 0. The van der Waals surface area contributed by atoms with Crippen molar-refractivity contribution in [2.24, 2.45) is 0 Å². The maximum atomic E-state index is 2.45. The van der Waals surface area contributed by atoms with Crippen LogP contribution in [0.4, 0.5) is 17.1 Å². The first-order valence-electron chi connectivity index (χ1n) is 21.3. The molecule has 12 rings (SSSR count). The van der Waals surface area contributed by atoms with Gasteiger partial charge in [-0.3, -0.25) is 0 Å². The molecule has 0 saturated carbocycles. The van der Waals surface area contributed by atoms with Gasteiger partial charge < -0.3 is 9.47 Å². The Kier molecular flexibility index (Phi) is 7.92. The predicted molar refractivity (Wildman–Crippen MR) is 259 cm³/mol. The molecule has 61 heavy (non-hydrogen) atoms. The van der Waals surface area contributed by atoms with Gasteiger partial charge in [-0.05, 0) is 133 Å². The van der Waals surface area contributed by atoms with Crippen LogP contribution in [0.1, 0.15) is 25.0 Å². The second-order valence-electron chi connectivity index (χ2n) is 17.0. The molecule has 288 valence electrons. The van der Waals surface area contributed by atoms with Crippen molar-refractivity contribution in [3.05, 3.63) is 230 Å². The van der Waals surface area contributed by atoms with Crippen LogP contribution in [0.2, 0.25) is 0 Å². The minimum Gasteiger partial charge on any atom is -0.310 e. The average molecular weight is 779 g/mol. The van der Waals surface area contributed by atoms with Crippen molar-refractivity contribution in [1.82, 2.24) is 4.57 Å². The van der Waals surface area contributed by atoms with Gasteiger partial charge in [-0.25, -0.2) is 0 Å². The zero-order valence-corrected chi connectivity index (χ0v) is 34.2. The Labute approximate surface area is 356 Å². The largest absolute Gasteiger partial charge is 0.310 e. The van der Waals surface area contributed by atoms with Gasteiger partial charge in [0.2, 0.25) is 0 Å². The molecule has 10 aromatic carbocycles. The van der Waals surface area contributed by atoms with Gasteiger partial charge in [-0.1, -0.05) is 166 Å². The molecular weight excluding hydrogens is 737 g/mol. The third-order valence-corrected chi connectivity index (χ3v) is 13.1. The van der Waals surface area contributed by atoms with Crippen molar-refractivity contribution < 1.29 is 0 Å². The number of para-hydroxylation sites is 2. The van der Waals surface area contributed by atoms with Gasteiger partial charge in [0.15, 0.2) is 0 Å². The lowest BCUT2D eigenvalue weighted by Gasteiger charge is -2.29. The molecule has 0 spiro atoms. The summed E-state index contributed by atoms with van der Waals surface area (Å²) in [6, 6.07) is 80.5. The monoisotopic (exact) mass is 778 g/mol. The van der Waals surface area contributed by atoms with E-state index in [1.165, 1.54) is 93.5 Å². The number of fused-ring (bicyclic) bond motifs is 8. The van der Waals surface area contributed by atoms with Crippen LogP contribution in [0, 0.1) is 0 Å². The third-order valence-electron chi connectivity index (χ3n) is 13.1. The van der Waals surface area contributed by atoms with Crippen molar-refractivity contribution in [1.29, 1.82) is 0 Å². The highest BCUT2D eigenvalue weighted by atomic mass is 15.1. The molecule has 1 aliphatic carbocycles. The zero-order valence-electron chi connectivity index (χ0n) is 34.2. The lowest BCUT2D eigenvalue weighted by Crippen LogP contribution is -2.17. The molecule has 11 aromatic rings. The van der Waals surface area contributed by atoms with Gasteiger partial charge in [-0.15, -0.1) is 0 Å². The van der Waals surface area contributed by atoms with E-state index >= 15 is 0 Å². The highest BCUT2D eigenvalue weighted by Gasteiger charge is 2.36. The fraction of sp³-hybridized carbons (Fsp3) is 0.0508. The molecule has 0 bridgehead atoms. The van der Waals surface area contributed by atoms with E-state index in [4.69, 9.17) is 0 Å². The Morgan fingerprint density at radius 1 is 0.344 bits per heavy atom. The first-order valence-corrected chi connectivity index (χ1v) is 21.3. The van der Waals surface area contributed by atoms with Gasteiger partial charge in [0.1, 0.15) is 0 Å². The predicted octanol–water partition coefficient (Wildman–Crippen LogP) is 16.2. The van der Waals surface area contributed by atoms with E-state index in [1.54, 1.807) is 0 Å². The molecule has 0 unspecified atom stereocenters. The maximum absolute atomic E-state index is 2.45. The van der Waals surface area contributed by atoms with E-state index in [2.05, 4.69) is 242 Å². The van der Waals surface area contributed by atoms with E-state index in [0.717, 1.165) is 17.1 Å². The fourth-order valence-electron chi connectivity index (χ4n) is 10.1. The lowest BCUT2D eigenvalue weighted by atomic mass is 9.82. The van der Waals surface area contributed by atoms with Crippen molar-refractivity contribution in [3.8, 4) is 39.1 Å². The Morgan fingerprint density at radius 3 is 1.64 bits per heavy atom. The van der Waals surface area contributed by atoms with Crippen LogP contribution in [0.5, 0.6) is 0 Å². The topological polar surface area (TPSA) is 8.17 Å². The zero-order chi connectivity index (χ0) is 40.7. The quantitative estimate of drug-likeness (QED) is 0.163. The number of anilines is 3. The molecule has 0 atom stereocenters. The summed E-state index contributed by atoms with van der Waals surface area (Å²) < 4.78 is 2.43. The third kappa shape index (κ3) is 5.64. The van der Waals surface area contributed by atoms with Crippen LogP contribution in [0.15, 0.2) is 218 Å². The summed E-state index contributed by atoms with van der Waals surface area (Å²) in [5.74, 6) is 0. The molecule has 0 aliphatic heterocycles. The summed E-state index contributed by atoms with van der Waals surface area (Å²) >= 11 is 0. The number of nitrogens with zero attached hydrogens (tertiary/aromatic N) is 2. The minimum atomic E-state index is -0.237. The summed E-state index contributed by atoms with van der Waals surface area (Å²) in [5.41, 5.74) is 16.9. The van der Waals surface area contributed by atoms with Crippen LogP contribution in [0.3, 0.4) is 0 Å². The molecular formula is C59H42N2. The first-order chi connectivity index (χ1) is 30.0. The van der Waals surface area contributed by atoms with Crippen molar-refractivity contribution >= 4 is 60.4 Å². The summed E-state index contributed by atoms with van der Waals surface area (Å²) in [6.45, 7) is 4.78. The minimum absolute atomic E-state index is 0.237. The highest BCUT2D eigenvalue weighted by Crippen LogP contribution is 2.52. The van der Waals surface area contributed by atoms with E-state index in [1.807, 2.05) is 0 Å². The van der Waals surface area contributed by atoms with Crippen LogP contribution in [-0.2, 0) is 5.41 Å². The van der Waals surface area contributed by atoms with E-state index in [-0.39, 0.29) is 5.41 Å². The molecule has 0 radical (unpaired) electrons. The van der Waals surface area contributed by atoms with Gasteiger partial charge in [0, 0.05) is 38.9 Å². The smallest absolute Gasteiger partial charge is 0.0541 e. The molecule has 0 N–H and O–H groups in total. The number of rotatable bonds is 6. The molecule has 2 heteroatoms. The normalized spacial score (nSPS) is 12.9. The summed E-state index contributed by atoms with van der Waals surface area (Å²) in [6.07, 6.45) is 0. The molecule has 1 heterocycles. The number of benzene rings is 10. The lowest BCUT2D eigenvalue weighted by molar-refractivity contribution is 0.660. The summed E-state index contributed by atoms with van der Waals surface area (Å²) in [4.78, 5) is 2.45. The summed E-state index contributed by atoms with van der Waals surface area (Å²) in [5, 5.41) is 7.54. The van der Waals surface area contributed by atoms with E-state index < -0.39 is 0 Å². The fourth-order valence-corrected chi connectivity index (χ4v) is 10.1. The van der Waals surface area contributed by atoms with Crippen LogP contribution < -0.4 is 4.90 Å². The van der Waals surface area contributed by atoms with Gasteiger partial charge in [0.25, 0.3) is 0 Å². The Morgan fingerprint density at radius 2 is 0.885 bits per heavy atom. The number of hydrogen-bond acceptors (Lipinski definition) is 1. The van der Waals surface area contributed by atoms with Gasteiger partial charge >= 0.3 is 0 Å². The van der Waals surface area contributed by atoms with E-state index in [9.17, 15) is 0 Å². The standard InChI is InChI=1S/C59H42N2/c1-59(2)55-37-47(30-32-51(55)52-33-31-48(38-56(52)59)61-57-26-9-7-23-53(57)54-24-8-10-27-58(54)61)60(45-20-11-18-42(35-45)43-29-28-39-14-3-4-16-41(39)34-43)46-21-12-19-44(36-46)50-25-13-17-40-15-5-6-22-49(40)50/h3-38H,1-2H3. The second kappa shape index (κ2) is 13.7. The molecule has 0 fully saturated rings. The molecule has 0 amide bonds. The first kappa shape index (κ1) is 35.3. The summed E-state index contributed by atoms with van der Waals surface area (Å²) in [7, 11) is 0. The van der Waals surface area contributed by atoms with Crippen molar-refractivity contribution in [2.75, 3.05) is 4.90 Å². The van der Waals surface area contributed by atoms with Crippen LogP contribution >= 0.6 is 0 Å². The second-order valence-corrected chi connectivity index (χ2v) is 17.0. The Bertz CT molecular complexity index is 3470. The van der Waals surface area contributed by atoms with Crippen LogP contribution in [0.25, 0.3) is 82.4 Å². The van der Waals surface area contributed by atoms with Crippen molar-refractivity contribution in [3.63, 3.8) is 0 Å². The van der Waals surface area contributed by atoms with E-state index in [0.29, 0.717) is 0 Å². The maximum Gasteiger partial charge on any atom is 0.0541 e. The average Bonchev–Trinajstić information content (AvgIpc) is 3.76. The van der Waals surface area contributed by atoms with Gasteiger partial charge in [-0.2, -0.15) is 0 Å². The molecule has 1 aromatic heterocycles. The SMILES string of the molecule is CC1(C)c2cc(N(c3cccc(-c4ccc5ccccc5c4)c3)c3cccc(-c4cccc5ccccc45)c3)ccc2-c2ccc(-n3c4ccccc4c4ccccc43)cc21. The Balaban J connectivity index is 1.01. The number of aromatic nitrogens is 1. The molecule has 1 aliphatic rings. The van der Waals surface area contributed by atoms with Crippen molar-refractivity contribution in [2.45, 2.75) is 19.3 Å². The van der Waals surface area contributed by atoms with Gasteiger partial charge in [0.05, 0.1) is 11.0 Å². The highest BCUT2D eigenvalue weighted by molar-refractivity contribution is 6.09. The molecule has 0 saturated heterocycles. The Hall–Kier alpha value is -7.68. The van der Waals surface area contributed by atoms with Crippen LogP contribution in [-0.4, -0.2) is 4.57 Å². The molecule has 2 nitrogen and oxygen atoms in total.